The third kappa shape index (κ3) is 3.23. The van der Waals surface area contributed by atoms with E-state index >= 15 is 0 Å². The number of likely N-dealkylation sites (N-methyl/N-ethyl adjacent to an activating group) is 1. The van der Waals surface area contributed by atoms with Crippen LogP contribution in [-0.4, -0.2) is 42.0 Å². The van der Waals surface area contributed by atoms with E-state index in [4.69, 9.17) is 4.74 Å². The second kappa shape index (κ2) is 6.15. The summed E-state index contributed by atoms with van der Waals surface area (Å²) in [7, 11) is 3.23. The highest BCUT2D eigenvalue weighted by molar-refractivity contribution is 7.20. The summed E-state index contributed by atoms with van der Waals surface area (Å²) in [5.74, 6) is -0.834. The Bertz CT molecular complexity index is 605. The van der Waals surface area contributed by atoms with Gasteiger partial charge in [-0.3, -0.25) is 4.79 Å². The molecular formula is C13H14N2O3S2. The van der Waals surface area contributed by atoms with Gasteiger partial charge in [0.05, 0.1) is 4.88 Å². The first-order chi connectivity index (χ1) is 9.49. The molecule has 0 aliphatic rings. The minimum atomic E-state index is -0.815. The molecule has 106 valence electrons. The quantitative estimate of drug-likeness (QED) is 0.814. The van der Waals surface area contributed by atoms with Crippen LogP contribution in [0.2, 0.25) is 0 Å². The van der Waals surface area contributed by atoms with E-state index in [1.165, 1.54) is 16.2 Å². The van der Waals surface area contributed by atoms with E-state index < -0.39 is 12.1 Å². The second-order valence-corrected chi connectivity index (χ2v) is 6.10. The summed E-state index contributed by atoms with van der Waals surface area (Å²) in [6.07, 6.45) is -0.815. The SMILES string of the molecule is C[C@@H](OC(=O)c1csc(-c2cccs2)n1)C(=O)N(C)C. The highest BCUT2D eigenvalue weighted by Crippen LogP contribution is 2.28. The van der Waals surface area contributed by atoms with Crippen LogP contribution in [0.4, 0.5) is 0 Å². The number of amides is 1. The van der Waals surface area contributed by atoms with E-state index in [2.05, 4.69) is 4.98 Å². The van der Waals surface area contributed by atoms with Crippen LogP contribution in [0.5, 0.6) is 0 Å². The molecule has 0 saturated heterocycles. The molecule has 0 aliphatic heterocycles. The van der Waals surface area contributed by atoms with Gasteiger partial charge in [-0.05, 0) is 18.4 Å². The highest BCUT2D eigenvalue weighted by atomic mass is 32.1. The number of rotatable bonds is 4. The Labute approximate surface area is 124 Å². The molecule has 2 aromatic heterocycles. The van der Waals surface area contributed by atoms with Crippen LogP contribution in [0, 0.1) is 0 Å². The predicted molar refractivity (Wildman–Crippen MR) is 79.0 cm³/mol. The van der Waals surface area contributed by atoms with Crippen LogP contribution < -0.4 is 0 Å². The zero-order valence-corrected chi connectivity index (χ0v) is 13.0. The van der Waals surface area contributed by atoms with Gasteiger partial charge in [0.1, 0.15) is 5.01 Å². The Balaban J connectivity index is 2.05. The van der Waals surface area contributed by atoms with Gasteiger partial charge in [-0.25, -0.2) is 9.78 Å². The maximum absolute atomic E-state index is 11.9. The van der Waals surface area contributed by atoms with Crippen molar-refractivity contribution in [3.63, 3.8) is 0 Å². The number of aromatic nitrogens is 1. The van der Waals surface area contributed by atoms with E-state index in [0.717, 1.165) is 9.88 Å². The van der Waals surface area contributed by atoms with Crippen LogP contribution in [0.25, 0.3) is 9.88 Å². The predicted octanol–water partition coefficient (Wildman–Crippen LogP) is 2.51. The zero-order valence-electron chi connectivity index (χ0n) is 11.3. The summed E-state index contributed by atoms with van der Waals surface area (Å²) in [5.41, 5.74) is 0.233. The van der Waals surface area contributed by atoms with Crippen LogP contribution in [0.15, 0.2) is 22.9 Å². The van der Waals surface area contributed by atoms with E-state index in [9.17, 15) is 9.59 Å². The molecule has 1 atom stereocenters. The summed E-state index contributed by atoms with van der Waals surface area (Å²) in [5, 5.41) is 4.37. The Morgan fingerprint density at radius 3 is 2.70 bits per heavy atom. The summed E-state index contributed by atoms with van der Waals surface area (Å²) in [6, 6.07) is 3.87. The molecule has 7 heteroatoms. The molecule has 5 nitrogen and oxygen atoms in total. The van der Waals surface area contributed by atoms with Gasteiger partial charge in [-0.1, -0.05) is 6.07 Å². The van der Waals surface area contributed by atoms with Gasteiger partial charge in [-0.2, -0.15) is 0 Å². The van der Waals surface area contributed by atoms with Crippen molar-refractivity contribution < 1.29 is 14.3 Å². The smallest absolute Gasteiger partial charge is 0.358 e. The fourth-order valence-corrected chi connectivity index (χ4v) is 3.12. The third-order valence-corrected chi connectivity index (χ3v) is 4.40. The van der Waals surface area contributed by atoms with Gasteiger partial charge in [0.2, 0.25) is 0 Å². The molecule has 2 aromatic rings. The largest absolute Gasteiger partial charge is 0.448 e. The van der Waals surface area contributed by atoms with Crippen molar-refractivity contribution >= 4 is 34.6 Å². The lowest BCUT2D eigenvalue weighted by atomic mass is 10.3. The number of hydrogen-bond donors (Lipinski definition) is 0. The molecular weight excluding hydrogens is 296 g/mol. The van der Waals surface area contributed by atoms with E-state index in [1.54, 1.807) is 37.7 Å². The van der Waals surface area contributed by atoms with Crippen LogP contribution in [0.3, 0.4) is 0 Å². The van der Waals surface area contributed by atoms with Crippen molar-refractivity contribution in [1.29, 1.82) is 0 Å². The standard InChI is InChI=1S/C13H14N2O3S2/c1-8(12(16)15(2)3)18-13(17)9-7-20-11(14-9)10-5-4-6-19-10/h4-8H,1-3H3/t8-/m1/s1. The maximum atomic E-state index is 11.9. The number of thiophene rings is 1. The van der Waals surface area contributed by atoms with Gasteiger partial charge >= 0.3 is 5.97 Å². The molecule has 2 heterocycles. The van der Waals surface area contributed by atoms with Gasteiger partial charge in [0, 0.05) is 19.5 Å². The summed E-state index contributed by atoms with van der Waals surface area (Å²) >= 11 is 2.94. The van der Waals surface area contributed by atoms with Crippen molar-refractivity contribution in [1.82, 2.24) is 9.88 Å². The van der Waals surface area contributed by atoms with Crippen molar-refractivity contribution in [2.75, 3.05) is 14.1 Å². The molecule has 0 unspecified atom stereocenters. The van der Waals surface area contributed by atoms with Crippen molar-refractivity contribution in [3.05, 3.63) is 28.6 Å². The van der Waals surface area contributed by atoms with Crippen LogP contribution >= 0.6 is 22.7 Å². The lowest BCUT2D eigenvalue weighted by molar-refractivity contribution is -0.137. The Morgan fingerprint density at radius 2 is 2.10 bits per heavy atom. The van der Waals surface area contributed by atoms with Gasteiger partial charge < -0.3 is 9.64 Å². The minimum Gasteiger partial charge on any atom is -0.448 e. The molecule has 0 bridgehead atoms. The molecule has 0 spiro atoms. The van der Waals surface area contributed by atoms with E-state index in [-0.39, 0.29) is 11.6 Å². The number of nitrogens with zero attached hydrogens (tertiary/aromatic N) is 2. The molecule has 2 rings (SSSR count). The fraction of sp³-hybridized carbons (Fsp3) is 0.308. The number of ether oxygens (including phenoxy) is 1. The number of carbonyl (C=O) groups excluding carboxylic acids is 2. The summed E-state index contributed by atoms with van der Waals surface area (Å²) < 4.78 is 5.11. The first kappa shape index (κ1) is 14.7. The average molecular weight is 310 g/mol. The van der Waals surface area contributed by atoms with Crippen LogP contribution in [-0.2, 0) is 9.53 Å². The van der Waals surface area contributed by atoms with E-state index in [1.807, 2.05) is 17.5 Å². The number of esters is 1. The maximum Gasteiger partial charge on any atom is 0.358 e. The van der Waals surface area contributed by atoms with Gasteiger partial charge in [0.15, 0.2) is 11.8 Å². The molecule has 20 heavy (non-hydrogen) atoms. The molecule has 0 fully saturated rings. The topological polar surface area (TPSA) is 59.5 Å². The Kier molecular flexibility index (Phi) is 4.51. The third-order valence-electron chi connectivity index (χ3n) is 2.52. The molecule has 0 N–H and O–H groups in total. The van der Waals surface area contributed by atoms with Crippen molar-refractivity contribution in [3.8, 4) is 9.88 Å². The first-order valence-electron chi connectivity index (χ1n) is 5.90. The molecule has 0 saturated carbocycles. The molecule has 0 aliphatic carbocycles. The first-order valence-corrected chi connectivity index (χ1v) is 7.66. The van der Waals surface area contributed by atoms with Crippen molar-refractivity contribution in [2.45, 2.75) is 13.0 Å². The van der Waals surface area contributed by atoms with Gasteiger partial charge in [0.25, 0.3) is 5.91 Å². The number of carbonyl (C=O) groups is 2. The Hall–Kier alpha value is -1.73. The zero-order chi connectivity index (χ0) is 14.7. The number of thiazole rings is 1. The van der Waals surface area contributed by atoms with E-state index in [0.29, 0.717) is 0 Å². The lowest BCUT2D eigenvalue weighted by Crippen LogP contribution is -2.34. The normalized spacial score (nSPS) is 11.9. The molecule has 0 radical (unpaired) electrons. The highest BCUT2D eigenvalue weighted by Gasteiger charge is 2.22. The Morgan fingerprint density at radius 1 is 1.35 bits per heavy atom. The number of hydrogen-bond acceptors (Lipinski definition) is 6. The second-order valence-electron chi connectivity index (χ2n) is 4.30. The fourth-order valence-electron chi connectivity index (χ4n) is 1.52. The summed E-state index contributed by atoms with van der Waals surface area (Å²) in [4.78, 5) is 30.2. The van der Waals surface area contributed by atoms with Crippen LogP contribution in [0.1, 0.15) is 17.4 Å². The summed E-state index contributed by atoms with van der Waals surface area (Å²) in [6.45, 7) is 1.55. The van der Waals surface area contributed by atoms with Crippen molar-refractivity contribution in [2.24, 2.45) is 0 Å². The van der Waals surface area contributed by atoms with Gasteiger partial charge in [-0.15, -0.1) is 22.7 Å². The average Bonchev–Trinajstić information content (AvgIpc) is 3.07. The molecule has 0 aromatic carbocycles. The monoisotopic (exact) mass is 310 g/mol. The molecule has 1 amide bonds. The minimum absolute atomic E-state index is 0.233. The lowest BCUT2D eigenvalue weighted by Gasteiger charge is -2.16.